The first-order chi connectivity index (χ1) is 12.0. The van der Waals surface area contributed by atoms with E-state index in [0.717, 1.165) is 10.5 Å². The molecule has 0 saturated carbocycles. The number of hydrogen-bond donors (Lipinski definition) is 2. The molecule has 0 aromatic heterocycles. The highest BCUT2D eigenvalue weighted by Gasteiger charge is 2.13. The zero-order valence-electron chi connectivity index (χ0n) is 14.2. The fraction of sp³-hybridized carbons (Fsp3) is 0.263. The van der Waals surface area contributed by atoms with Crippen molar-refractivity contribution in [2.24, 2.45) is 0 Å². The summed E-state index contributed by atoms with van der Waals surface area (Å²) >= 11 is 2.99. The SMILES string of the molecule is CC(C)Sc1ccccc1C(=O)Nc1cccc(CSCC(=O)O)c1. The van der Waals surface area contributed by atoms with E-state index in [4.69, 9.17) is 5.11 Å². The minimum atomic E-state index is -0.825. The first-order valence-corrected chi connectivity index (χ1v) is 9.94. The minimum Gasteiger partial charge on any atom is -0.481 e. The molecule has 0 aliphatic carbocycles. The lowest BCUT2D eigenvalue weighted by atomic mass is 10.2. The lowest BCUT2D eigenvalue weighted by Crippen LogP contribution is -2.13. The van der Waals surface area contributed by atoms with Crippen molar-refractivity contribution in [3.05, 3.63) is 59.7 Å². The molecule has 1 amide bonds. The summed E-state index contributed by atoms with van der Waals surface area (Å²) in [5.41, 5.74) is 2.35. The van der Waals surface area contributed by atoms with Gasteiger partial charge in [-0.1, -0.05) is 38.1 Å². The van der Waals surface area contributed by atoms with Crippen molar-refractivity contribution in [1.29, 1.82) is 0 Å². The summed E-state index contributed by atoms with van der Waals surface area (Å²) in [4.78, 5) is 24.2. The van der Waals surface area contributed by atoms with E-state index in [-0.39, 0.29) is 11.7 Å². The van der Waals surface area contributed by atoms with Crippen molar-refractivity contribution in [3.63, 3.8) is 0 Å². The van der Waals surface area contributed by atoms with Gasteiger partial charge in [0.25, 0.3) is 5.91 Å². The van der Waals surface area contributed by atoms with E-state index in [2.05, 4.69) is 19.2 Å². The highest BCUT2D eigenvalue weighted by atomic mass is 32.2. The Balaban J connectivity index is 2.07. The Bertz CT molecular complexity index is 747. The van der Waals surface area contributed by atoms with Crippen LogP contribution in [0.25, 0.3) is 0 Å². The van der Waals surface area contributed by atoms with Crippen LogP contribution in [0.5, 0.6) is 0 Å². The molecule has 0 aliphatic heterocycles. The molecule has 4 nitrogen and oxygen atoms in total. The first-order valence-electron chi connectivity index (χ1n) is 7.91. The second kappa shape index (κ2) is 9.53. The van der Waals surface area contributed by atoms with Crippen molar-refractivity contribution in [2.45, 2.75) is 29.7 Å². The first kappa shape index (κ1) is 19.4. The number of nitrogens with one attached hydrogen (secondary N) is 1. The molecule has 0 unspecified atom stereocenters. The van der Waals surface area contributed by atoms with Gasteiger partial charge in [-0.25, -0.2) is 0 Å². The predicted molar refractivity (Wildman–Crippen MR) is 106 cm³/mol. The number of thioether (sulfide) groups is 2. The molecule has 25 heavy (non-hydrogen) atoms. The normalized spacial score (nSPS) is 10.7. The van der Waals surface area contributed by atoms with Gasteiger partial charge in [0, 0.05) is 21.6 Å². The smallest absolute Gasteiger partial charge is 0.313 e. The topological polar surface area (TPSA) is 66.4 Å². The molecule has 0 bridgehead atoms. The van der Waals surface area contributed by atoms with Crippen molar-refractivity contribution in [1.82, 2.24) is 0 Å². The largest absolute Gasteiger partial charge is 0.481 e. The van der Waals surface area contributed by atoms with Crippen LogP contribution in [-0.4, -0.2) is 28.0 Å². The molecule has 0 spiro atoms. The molecule has 2 rings (SSSR count). The Morgan fingerprint density at radius 1 is 1.12 bits per heavy atom. The molecule has 0 atom stereocenters. The van der Waals surface area contributed by atoms with Gasteiger partial charge in [0.15, 0.2) is 0 Å². The number of hydrogen-bond acceptors (Lipinski definition) is 4. The van der Waals surface area contributed by atoms with Gasteiger partial charge in [-0.2, -0.15) is 0 Å². The zero-order valence-corrected chi connectivity index (χ0v) is 15.8. The van der Waals surface area contributed by atoms with Crippen LogP contribution < -0.4 is 5.32 Å². The van der Waals surface area contributed by atoms with Crippen molar-refractivity contribution in [3.8, 4) is 0 Å². The molecule has 0 heterocycles. The Morgan fingerprint density at radius 2 is 1.88 bits per heavy atom. The third-order valence-electron chi connectivity index (χ3n) is 3.17. The highest BCUT2D eigenvalue weighted by Crippen LogP contribution is 2.27. The molecule has 6 heteroatoms. The van der Waals surface area contributed by atoms with Crippen LogP contribution in [0.15, 0.2) is 53.4 Å². The number of aliphatic carboxylic acids is 1. The number of anilines is 1. The van der Waals surface area contributed by atoms with Crippen LogP contribution in [0.1, 0.15) is 29.8 Å². The second-order valence-electron chi connectivity index (χ2n) is 5.70. The number of amides is 1. The lowest BCUT2D eigenvalue weighted by molar-refractivity contribution is -0.133. The minimum absolute atomic E-state index is 0.0659. The average molecular weight is 376 g/mol. The van der Waals surface area contributed by atoms with Crippen molar-refractivity contribution in [2.75, 3.05) is 11.1 Å². The lowest BCUT2D eigenvalue weighted by Gasteiger charge is -2.12. The average Bonchev–Trinajstić information content (AvgIpc) is 2.54. The molecular formula is C19H21NO3S2. The third kappa shape index (κ3) is 6.48. The van der Waals surface area contributed by atoms with Gasteiger partial charge >= 0.3 is 5.97 Å². The van der Waals surface area contributed by atoms with Crippen molar-refractivity contribution < 1.29 is 14.7 Å². The highest BCUT2D eigenvalue weighted by molar-refractivity contribution is 8.00. The van der Waals surface area contributed by atoms with E-state index in [1.54, 1.807) is 11.8 Å². The van der Waals surface area contributed by atoms with E-state index >= 15 is 0 Å². The maximum absolute atomic E-state index is 12.6. The van der Waals surface area contributed by atoms with E-state index < -0.39 is 5.97 Å². The van der Waals surface area contributed by atoms with Gasteiger partial charge in [-0.05, 0) is 29.8 Å². The van der Waals surface area contributed by atoms with Gasteiger partial charge in [-0.15, -0.1) is 23.5 Å². The molecule has 2 aromatic carbocycles. The monoisotopic (exact) mass is 375 g/mol. The quantitative estimate of drug-likeness (QED) is 0.651. The molecule has 0 radical (unpaired) electrons. The maximum atomic E-state index is 12.6. The van der Waals surface area contributed by atoms with E-state index in [1.807, 2.05) is 48.5 Å². The van der Waals surface area contributed by atoms with Crippen LogP contribution in [0, 0.1) is 0 Å². The Hall–Kier alpha value is -1.92. The second-order valence-corrected chi connectivity index (χ2v) is 8.31. The Morgan fingerprint density at radius 3 is 2.60 bits per heavy atom. The fourth-order valence-corrected chi connectivity index (χ4v) is 3.85. The van der Waals surface area contributed by atoms with Crippen molar-refractivity contribution >= 4 is 41.1 Å². The van der Waals surface area contributed by atoms with Crippen LogP contribution >= 0.6 is 23.5 Å². The van der Waals surface area contributed by atoms with Crippen LogP contribution in [0.4, 0.5) is 5.69 Å². The number of carbonyl (C=O) groups is 2. The van der Waals surface area contributed by atoms with Crippen LogP contribution in [0.3, 0.4) is 0 Å². The van der Waals surface area contributed by atoms with Crippen LogP contribution in [-0.2, 0) is 10.5 Å². The third-order valence-corrected chi connectivity index (χ3v) is 5.24. The van der Waals surface area contributed by atoms with E-state index in [1.165, 1.54) is 11.8 Å². The molecule has 132 valence electrons. The summed E-state index contributed by atoms with van der Waals surface area (Å²) in [6, 6.07) is 15.1. The summed E-state index contributed by atoms with van der Waals surface area (Å²) in [6.07, 6.45) is 0. The number of benzene rings is 2. The molecule has 0 saturated heterocycles. The van der Waals surface area contributed by atoms with Crippen LogP contribution in [0.2, 0.25) is 0 Å². The summed E-state index contributed by atoms with van der Waals surface area (Å²) in [6.45, 7) is 4.19. The Labute approximate surface area is 156 Å². The Kier molecular flexibility index (Phi) is 7.40. The predicted octanol–water partition coefficient (Wildman–Crippen LogP) is 4.76. The van der Waals surface area contributed by atoms with Gasteiger partial charge in [-0.3, -0.25) is 9.59 Å². The number of carboxylic acid groups (broad SMARTS) is 1. The van der Waals surface area contributed by atoms with E-state index in [9.17, 15) is 9.59 Å². The fourth-order valence-electron chi connectivity index (χ4n) is 2.20. The van der Waals surface area contributed by atoms with Gasteiger partial charge in [0.2, 0.25) is 0 Å². The van der Waals surface area contributed by atoms with Gasteiger partial charge < -0.3 is 10.4 Å². The molecule has 2 N–H and O–H groups in total. The standard InChI is InChI=1S/C19H21NO3S2/c1-13(2)25-17-9-4-3-8-16(17)19(23)20-15-7-5-6-14(10-15)11-24-12-18(21)22/h3-10,13H,11-12H2,1-2H3,(H,20,23)(H,21,22). The molecule has 0 aliphatic rings. The number of rotatable bonds is 8. The summed E-state index contributed by atoms with van der Waals surface area (Å²) in [5, 5.41) is 12.0. The number of carbonyl (C=O) groups excluding carboxylic acids is 1. The summed E-state index contributed by atoms with van der Waals surface area (Å²) in [5.74, 6) is -0.306. The van der Waals surface area contributed by atoms with E-state index in [0.29, 0.717) is 22.3 Å². The maximum Gasteiger partial charge on any atom is 0.313 e. The number of carboxylic acids is 1. The van der Waals surface area contributed by atoms with Gasteiger partial charge in [0.1, 0.15) is 0 Å². The summed E-state index contributed by atoms with van der Waals surface area (Å²) in [7, 11) is 0. The summed E-state index contributed by atoms with van der Waals surface area (Å²) < 4.78 is 0. The zero-order chi connectivity index (χ0) is 18.2. The molecule has 2 aromatic rings. The van der Waals surface area contributed by atoms with Gasteiger partial charge in [0.05, 0.1) is 11.3 Å². The molecular weight excluding hydrogens is 354 g/mol. The molecule has 0 fully saturated rings.